The van der Waals surface area contributed by atoms with Crippen LogP contribution in [-0.4, -0.2) is 27.2 Å². The second-order valence-corrected chi connectivity index (χ2v) is 9.59. The lowest BCUT2D eigenvalue weighted by molar-refractivity contribution is 0.346. The molecule has 0 aliphatic carbocycles. The maximum Gasteiger partial charge on any atom is 0.332 e. The van der Waals surface area contributed by atoms with Gasteiger partial charge in [-0.1, -0.05) is 30.3 Å². The lowest BCUT2D eigenvalue weighted by Crippen LogP contribution is -2.45. The Morgan fingerprint density at radius 1 is 1.17 bits per heavy atom. The van der Waals surface area contributed by atoms with Crippen molar-refractivity contribution in [2.45, 2.75) is 32.4 Å². The number of nitrogens with zero attached hydrogens (tertiary/aromatic N) is 3. The lowest BCUT2D eigenvalue weighted by atomic mass is 10.1. The molecule has 8 heteroatoms. The molecule has 6 nitrogen and oxygen atoms in total. The van der Waals surface area contributed by atoms with Crippen molar-refractivity contribution in [3.05, 3.63) is 73.3 Å². The molecule has 1 fully saturated rings. The van der Waals surface area contributed by atoms with Gasteiger partial charge in [-0.15, -0.1) is 22.7 Å². The lowest BCUT2D eigenvalue weighted by Gasteiger charge is -2.24. The average Bonchev–Trinajstić information content (AvgIpc) is 3.39. The third-order valence-corrected chi connectivity index (χ3v) is 7.66. The Morgan fingerprint density at radius 3 is 2.63 bits per heavy atom. The first-order valence-corrected chi connectivity index (χ1v) is 11.8. The number of piperidine rings is 1. The molecule has 1 aliphatic heterocycles. The number of aryl methyl sites for hydroxylation is 1. The Morgan fingerprint density at radius 2 is 1.93 bits per heavy atom. The standard InChI is InChI=1S/C22H22N4O2S2/c1-14-13-29-19(24-14)12-25-17-11-18(15-5-3-2-4-6-15)30-20(17)21(27)26(22(25)28)16-7-9-23-10-8-16/h2-6,11,13,16,23H,7-10,12H2,1H3. The zero-order valence-corrected chi connectivity index (χ0v) is 18.3. The van der Waals surface area contributed by atoms with E-state index < -0.39 is 0 Å². The summed E-state index contributed by atoms with van der Waals surface area (Å²) in [6.07, 6.45) is 1.57. The van der Waals surface area contributed by atoms with Crippen LogP contribution in [0.15, 0.2) is 51.4 Å². The smallest absolute Gasteiger partial charge is 0.317 e. The summed E-state index contributed by atoms with van der Waals surface area (Å²) in [6, 6.07) is 11.9. The van der Waals surface area contributed by atoms with E-state index >= 15 is 0 Å². The number of thiophene rings is 1. The van der Waals surface area contributed by atoms with Crippen LogP contribution in [0.2, 0.25) is 0 Å². The van der Waals surface area contributed by atoms with Crippen LogP contribution >= 0.6 is 22.7 Å². The van der Waals surface area contributed by atoms with E-state index in [0.717, 1.165) is 47.1 Å². The molecule has 1 N–H and O–H groups in total. The maximum atomic E-state index is 13.5. The van der Waals surface area contributed by atoms with Gasteiger partial charge in [-0.2, -0.15) is 0 Å². The van der Waals surface area contributed by atoms with Gasteiger partial charge >= 0.3 is 5.69 Å². The van der Waals surface area contributed by atoms with Crippen molar-refractivity contribution >= 4 is 32.9 Å². The number of thiazole rings is 1. The van der Waals surface area contributed by atoms with Gasteiger partial charge in [0.15, 0.2) is 0 Å². The van der Waals surface area contributed by atoms with E-state index in [4.69, 9.17) is 0 Å². The number of fused-ring (bicyclic) bond motifs is 1. The summed E-state index contributed by atoms with van der Waals surface area (Å²) in [6.45, 7) is 3.97. The molecule has 5 rings (SSSR count). The summed E-state index contributed by atoms with van der Waals surface area (Å²) < 4.78 is 3.87. The molecule has 0 radical (unpaired) electrons. The van der Waals surface area contributed by atoms with Gasteiger partial charge in [-0.05, 0) is 44.5 Å². The largest absolute Gasteiger partial charge is 0.332 e. The van der Waals surface area contributed by atoms with E-state index in [1.165, 1.54) is 15.9 Å². The molecule has 0 amide bonds. The third-order valence-electron chi connectivity index (χ3n) is 5.55. The molecule has 0 atom stereocenters. The van der Waals surface area contributed by atoms with E-state index in [2.05, 4.69) is 10.3 Å². The second-order valence-electron chi connectivity index (χ2n) is 7.60. The van der Waals surface area contributed by atoms with E-state index in [9.17, 15) is 9.59 Å². The molecule has 0 saturated carbocycles. The van der Waals surface area contributed by atoms with Gasteiger partial charge in [0.25, 0.3) is 5.56 Å². The van der Waals surface area contributed by atoms with Gasteiger partial charge in [-0.25, -0.2) is 9.78 Å². The minimum absolute atomic E-state index is 0.0674. The highest BCUT2D eigenvalue weighted by molar-refractivity contribution is 7.22. The van der Waals surface area contributed by atoms with Crippen LogP contribution in [0, 0.1) is 6.92 Å². The first-order valence-electron chi connectivity index (χ1n) is 10.1. The van der Waals surface area contributed by atoms with Crippen LogP contribution in [0.5, 0.6) is 0 Å². The highest BCUT2D eigenvalue weighted by atomic mass is 32.1. The first kappa shape index (κ1) is 19.4. The molecular formula is C22H22N4O2S2. The Bertz CT molecular complexity index is 1310. The fraction of sp³-hybridized carbons (Fsp3) is 0.318. The summed E-state index contributed by atoms with van der Waals surface area (Å²) in [5.74, 6) is 0. The summed E-state index contributed by atoms with van der Waals surface area (Å²) in [5, 5.41) is 6.18. The summed E-state index contributed by atoms with van der Waals surface area (Å²) in [7, 11) is 0. The molecule has 1 aliphatic rings. The third kappa shape index (κ3) is 3.45. The molecule has 0 bridgehead atoms. The first-order chi connectivity index (χ1) is 14.6. The van der Waals surface area contributed by atoms with E-state index in [-0.39, 0.29) is 17.3 Å². The van der Waals surface area contributed by atoms with Crippen molar-refractivity contribution in [2.75, 3.05) is 13.1 Å². The Hall–Kier alpha value is -2.55. The summed E-state index contributed by atoms with van der Waals surface area (Å²) in [5.41, 5.74) is 2.30. The van der Waals surface area contributed by atoms with Crippen LogP contribution in [0.25, 0.3) is 20.7 Å². The monoisotopic (exact) mass is 438 g/mol. The van der Waals surface area contributed by atoms with Crippen molar-refractivity contribution in [3.63, 3.8) is 0 Å². The normalized spacial score (nSPS) is 15.1. The topological polar surface area (TPSA) is 68.9 Å². The fourth-order valence-electron chi connectivity index (χ4n) is 4.06. The number of hydrogen-bond donors (Lipinski definition) is 1. The van der Waals surface area contributed by atoms with Crippen LogP contribution < -0.4 is 16.6 Å². The fourth-order valence-corrected chi connectivity index (χ4v) is 5.92. The number of aromatic nitrogens is 3. The predicted molar refractivity (Wildman–Crippen MR) is 123 cm³/mol. The number of nitrogens with one attached hydrogen (secondary N) is 1. The van der Waals surface area contributed by atoms with Gasteiger partial charge in [0, 0.05) is 22.0 Å². The number of benzene rings is 1. The van der Waals surface area contributed by atoms with Gasteiger partial charge in [0.05, 0.1) is 12.1 Å². The maximum absolute atomic E-state index is 13.5. The van der Waals surface area contributed by atoms with Crippen LogP contribution in [-0.2, 0) is 6.54 Å². The van der Waals surface area contributed by atoms with Gasteiger partial charge in [0.2, 0.25) is 0 Å². The molecule has 30 heavy (non-hydrogen) atoms. The van der Waals surface area contributed by atoms with E-state index in [0.29, 0.717) is 16.8 Å². The molecule has 0 unspecified atom stereocenters. The molecule has 0 spiro atoms. The average molecular weight is 439 g/mol. The van der Waals surface area contributed by atoms with Gasteiger partial charge in [-0.3, -0.25) is 13.9 Å². The highest BCUT2D eigenvalue weighted by Crippen LogP contribution is 2.32. The minimum atomic E-state index is -0.232. The summed E-state index contributed by atoms with van der Waals surface area (Å²) >= 11 is 3.01. The van der Waals surface area contributed by atoms with E-state index in [1.54, 1.807) is 15.9 Å². The molecule has 3 aromatic heterocycles. The highest BCUT2D eigenvalue weighted by Gasteiger charge is 2.24. The summed E-state index contributed by atoms with van der Waals surface area (Å²) in [4.78, 5) is 32.5. The Balaban J connectivity index is 1.74. The molecule has 1 aromatic carbocycles. The molecule has 154 valence electrons. The predicted octanol–water partition coefficient (Wildman–Crippen LogP) is 3.63. The molecular weight excluding hydrogens is 416 g/mol. The van der Waals surface area contributed by atoms with Gasteiger partial charge in [0.1, 0.15) is 9.71 Å². The second kappa shape index (κ2) is 7.94. The van der Waals surface area contributed by atoms with Crippen LogP contribution in [0.1, 0.15) is 29.6 Å². The van der Waals surface area contributed by atoms with Crippen LogP contribution in [0.4, 0.5) is 0 Å². The minimum Gasteiger partial charge on any atom is -0.317 e. The Kier molecular flexibility index (Phi) is 5.14. The van der Waals surface area contributed by atoms with Gasteiger partial charge < -0.3 is 5.32 Å². The van der Waals surface area contributed by atoms with Crippen molar-refractivity contribution in [1.82, 2.24) is 19.4 Å². The Labute approximate surface area is 181 Å². The molecule has 4 heterocycles. The molecule has 1 saturated heterocycles. The van der Waals surface area contributed by atoms with Crippen molar-refractivity contribution in [3.8, 4) is 10.4 Å². The number of rotatable bonds is 4. The van der Waals surface area contributed by atoms with Crippen molar-refractivity contribution in [1.29, 1.82) is 0 Å². The van der Waals surface area contributed by atoms with E-state index in [1.807, 2.05) is 48.7 Å². The zero-order chi connectivity index (χ0) is 20.7. The SMILES string of the molecule is Cc1csc(Cn2c(=O)n(C3CCNCC3)c(=O)c3sc(-c4ccccc4)cc32)n1. The van der Waals surface area contributed by atoms with Crippen LogP contribution in [0.3, 0.4) is 0 Å². The zero-order valence-electron chi connectivity index (χ0n) is 16.6. The quantitative estimate of drug-likeness (QED) is 0.528. The van der Waals surface area contributed by atoms with Crippen molar-refractivity contribution in [2.24, 2.45) is 0 Å². The van der Waals surface area contributed by atoms with Crippen molar-refractivity contribution < 1.29 is 0 Å². The number of hydrogen-bond acceptors (Lipinski definition) is 6. The molecule has 4 aromatic rings.